The molecule has 1 fully saturated rings. The van der Waals surface area contributed by atoms with Gasteiger partial charge in [-0.2, -0.15) is 4.31 Å². The Morgan fingerprint density at radius 2 is 2.13 bits per heavy atom. The molecule has 0 radical (unpaired) electrons. The second-order valence-electron chi connectivity index (χ2n) is 7.90. The van der Waals surface area contributed by atoms with Crippen LogP contribution in [-0.4, -0.2) is 46.4 Å². The number of sulfonamides is 1. The van der Waals surface area contributed by atoms with Crippen LogP contribution in [0.3, 0.4) is 0 Å². The number of amides is 1. The molecule has 0 aliphatic carbocycles. The lowest BCUT2D eigenvalue weighted by Gasteiger charge is -2.30. The van der Waals surface area contributed by atoms with E-state index in [1.807, 2.05) is 26.0 Å². The lowest BCUT2D eigenvalue weighted by atomic mass is 9.98. The van der Waals surface area contributed by atoms with Crippen LogP contribution >= 0.6 is 0 Å². The summed E-state index contributed by atoms with van der Waals surface area (Å²) in [5.41, 5.74) is 1.42. The van der Waals surface area contributed by atoms with Crippen molar-refractivity contribution in [3.05, 3.63) is 49.1 Å². The molecule has 1 aromatic carbocycles. The first-order valence-electron chi connectivity index (χ1n) is 10.2. The molecule has 1 amide bonds. The maximum absolute atomic E-state index is 13.0. The summed E-state index contributed by atoms with van der Waals surface area (Å²) in [7, 11) is -3.75. The van der Waals surface area contributed by atoms with Crippen LogP contribution in [0, 0.1) is 5.92 Å². The van der Waals surface area contributed by atoms with Gasteiger partial charge in [-0.3, -0.25) is 4.79 Å². The Kier molecular flexibility index (Phi) is 5.92. The van der Waals surface area contributed by atoms with E-state index in [-0.39, 0.29) is 23.5 Å². The predicted molar refractivity (Wildman–Crippen MR) is 115 cm³/mol. The fourth-order valence-electron chi connectivity index (χ4n) is 3.60. The van der Waals surface area contributed by atoms with E-state index in [0.717, 1.165) is 5.56 Å². The van der Waals surface area contributed by atoms with Crippen molar-refractivity contribution in [1.29, 1.82) is 0 Å². The molecule has 1 aliphatic heterocycles. The number of piperidine rings is 1. The summed E-state index contributed by atoms with van der Waals surface area (Å²) >= 11 is 0. The number of benzene rings is 1. The van der Waals surface area contributed by atoms with Crippen LogP contribution in [0.4, 0.5) is 5.69 Å². The zero-order valence-corrected chi connectivity index (χ0v) is 18.2. The van der Waals surface area contributed by atoms with E-state index in [4.69, 9.17) is 4.52 Å². The molecule has 2 aromatic heterocycles. The molecule has 1 saturated heterocycles. The van der Waals surface area contributed by atoms with Gasteiger partial charge < -0.3 is 14.4 Å². The van der Waals surface area contributed by atoms with Gasteiger partial charge in [0.1, 0.15) is 0 Å². The molecule has 4 rings (SSSR count). The molecule has 0 unspecified atom stereocenters. The van der Waals surface area contributed by atoms with E-state index < -0.39 is 15.9 Å². The SMILES string of the molecule is CC(C)n1cnc(S(=O)(=O)N2CCC[C@@H](C(=O)Nc3cccc(-c4ccno4)c3)C2)c1. The summed E-state index contributed by atoms with van der Waals surface area (Å²) in [6.07, 6.45) is 5.86. The van der Waals surface area contributed by atoms with Crippen molar-refractivity contribution in [2.45, 2.75) is 37.8 Å². The molecule has 3 aromatic rings. The predicted octanol–water partition coefficient (Wildman–Crippen LogP) is 3.16. The number of nitrogens with one attached hydrogen (secondary N) is 1. The zero-order chi connectivity index (χ0) is 22.0. The smallest absolute Gasteiger partial charge is 0.262 e. The molecule has 0 bridgehead atoms. The minimum atomic E-state index is -3.75. The topological polar surface area (TPSA) is 110 Å². The first-order chi connectivity index (χ1) is 14.8. The van der Waals surface area contributed by atoms with Crippen LogP contribution in [0.2, 0.25) is 0 Å². The maximum Gasteiger partial charge on any atom is 0.262 e. The highest BCUT2D eigenvalue weighted by Crippen LogP contribution is 2.26. The molecule has 0 saturated carbocycles. The third-order valence-electron chi connectivity index (χ3n) is 5.39. The van der Waals surface area contributed by atoms with Crippen LogP contribution in [-0.2, 0) is 14.8 Å². The highest BCUT2D eigenvalue weighted by molar-refractivity contribution is 7.89. The average molecular weight is 444 g/mol. The molecule has 0 spiro atoms. The Bertz CT molecular complexity index is 1150. The molecule has 31 heavy (non-hydrogen) atoms. The molecule has 10 heteroatoms. The minimum Gasteiger partial charge on any atom is -0.356 e. The summed E-state index contributed by atoms with van der Waals surface area (Å²) in [6.45, 7) is 4.42. The van der Waals surface area contributed by atoms with Gasteiger partial charge >= 0.3 is 0 Å². The Hall–Kier alpha value is -2.98. The number of aromatic nitrogens is 3. The Morgan fingerprint density at radius 1 is 1.29 bits per heavy atom. The van der Waals surface area contributed by atoms with Gasteiger partial charge in [-0.25, -0.2) is 13.4 Å². The summed E-state index contributed by atoms with van der Waals surface area (Å²) in [5, 5.41) is 6.62. The Balaban J connectivity index is 1.46. The van der Waals surface area contributed by atoms with E-state index in [1.54, 1.807) is 35.2 Å². The molecule has 164 valence electrons. The summed E-state index contributed by atoms with van der Waals surface area (Å²) in [4.78, 5) is 17.0. The van der Waals surface area contributed by atoms with Gasteiger partial charge in [0.2, 0.25) is 5.91 Å². The molecular weight excluding hydrogens is 418 g/mol. The van der Waals surface area contributed by atoms with Crippen molar-refractivity contribution >= 4 is 21.6 Å². The van der Waals surface area contributed by atoms with Gasteiger partial charge in [-0.05, 0) is 38.8 Å². The van der Waals surface area contributed by atoms with Gasteiger partial charge in [0.25, 0.3) is 10.0 Å². The third-order valence-corrected chi connectivity index (χ3v) is 7.14. The number of imidazole rings is 1. The van der Waals surface area contributed by atoms with E-state index in [0.29, 0.717) is 30.8 Å². The minimum absolute atomic E-state index is 0.0158. The summed E-state index contributed by atoms with van der Waals surface area (Å²) in [6, 6.07) is 9.12. The fourth-order valence-corrected chi connectivity index (χ4v) is 5.05. The van der Waals surface area contributed by atoms with Crippen molar-refractivity contribution in [3.8, 4) is 11.3 Å². The van der Waals surface area contributed by atoms with Gasteiger partial charge in [-0.15, -0.1) is 0 Å². The van der Waals surface area contributed by atoms with Crippen LogP contribution in [0.25, 0.3) is 11.3 Å². The van der Waals surface area contributed by atoms with Crippen molar-refractivity contribution in [3.63, 3.8) is 0 Å². The van der Waals surface area contributed by atoms with Crippen LogP contribution in [0.1, 0.15) is 32.7 Å². The monoisotopic (exact) mass is 443 g/mol. The highest BCUT2D eigenvalue weighted by atomic mass is 32.2. The van der Waals surface area contributed by atoms with Crippen molar-refractivity contribution < 1.29 is 17.7 Å². The van der Waals surface area contributed by atoms with Gasteiger partial charge in [0.15, 0.2) is 10.8 Å². The van der Waals surface area contributed by atoms with E-state index in [9.17, 15) is 13.2 Å². The number of hydrogen-bond donors (Lipinski definition) is 1. The third kappa shape index (κ3) is 4.54. The Labute approximate surface area is 181 Å². The standard InChI is InChI=1S/C21H25N5O4S/c1-15(2)25-13-20(22-14-25)31(28,29)26-10-4-6-17(12-26)21(27)24-18-7-3-5-16(11-18)19-8-9-23-30-19/h3,5,7-9,11,13-15,17H,4,6,10,12H2,1-2H3,(H,24,27)/t17-/m1/s1. The normalized spacial score (nSPS) is 17.7. The number of anilines is 1. The molecule has 3 heterocycles. The number of hydrogen-bond acceptors (Lipinski definition) is 6. The quantitative estimate of drug-likeness (QED) is 0.627. The van der Waals surface area contributed by atoms with Gasteiger partial charge in [0.05, 0.1) is 18.4 Å². The average Bonchev–Trinajstić information content (AvgIpc) is 3.47. The number of carbonyl (C=O) groups is 1. The molecule has 1 N–H and O–H groups in total. The van der Waals surface area contributed by atoms with Crippen molar-refractivity contribution in [2.24, 2.45) is 5.92 Å². The van der Waals surface area contributed by atoms with Crippen molar-refractivity contribution in [1.82, 2.24) is 19.0 Å². The lowest BCUT2D eigenvalue weighted by Crippen LogP contribution is -2.43. The Morgan fingerprint density at radius 3 is 2.84 bits per heavy atom. The highest BCUT2D eigenvalue weighted by Gasteiger charge is 2.34. The molecule has 9 nitrogen and oxygen atoms in total. The lowest BCUT2D eigenvalue weighted by molar-refractivity contribution is -0.120. The number of nitrogens with zero attached hydrogens (tertiary/aromatic N) is 4. The van der Waals surface area contributed by atoms with Crippen LogP contribution < -0.4 is 5.32 Å². The summed E-state index contributed by atoms with van der Waals surface area (Å²) in [5.74, 6) is -0.0427. The molecule has 1 aliphatic rings. The maximum atomic E-state index is 13.0. The molecular formula is C21H25N5O4S. The van der Waals surface area contributed by atoms with E-state index >= 15 is 0 Å². The zero-order valence-electron chi connectivity index (χ0n) is 17.4. The largest absolute Gasteiger partial charge is 0.356 e. The second kappa shape index (κ2) is 8.64. The molecule has 1 atom stereocenters. The van der Waals surface area contributed by atoms with E-state index in [2.05, 4.69) is 15.5 Å². The number of rotatable bonds is 6. The van der Waals surface area contributed by atoms with Gasteiger partial charge in [-0.1, -0.05) is 17.3 Å². The summed E-state index contributed by atoms with van der Waals surface area (Å²) < 4.78 is 34.3. The van der Waals surface area contributed by atoms with Crippen LogP contribution in [0.5, 0.6) is 0 Å². The first-order valence-corrected chi connectivity index (χ1v) is 11.6. The van der Waals surface area contributed by atoms with Crippen molar-refractivity contribution in [2.75, 3.05) is 18.4 Å². The van der Waals surface area contributed by atoms with E-state index in [1.165, 1.54) is 10.6 Å². The first kappa shape index (κ1) is 21.3. The van der Waals surface area contributed by atoms with Crippen LogP contribution in [0.15, 0.2) is 58.6 Å². The number of carbonyl (C=O) groups excluding carboxylic acids is 1. The fraction of sp³-hybridized carbons (Fsp3) is 0.381. The van der Waals surface area contributed by atoms with Gasteiger partial charge in [0, 0.05) is 42.6 Å². The second-order valence-corrected chi connectivity index (χ2v) is 9.79.